The summed E-state index contributed by atoms with van der Waals surface area (Å²) < 4.78 is 7.18. The van der Waals surface area contributed by atoms with Crippen LogP contribution in [0.3, 0.4) is 0 Å². The van der Waals surface area contributed by atoms with Crippen LogP contribution in [0.4, 0.5) is 5.82 Å². The van der Waals surface area contributed by atoms with Crippen LogP contribution >= 0.6 is 0 Å². The Morgan fingerprint density at radius 1 is 1.05 bits per heavy atom. The predicted molar refractivity (Wildman–Crippen MR) is 75.2 cm³/mol. The Bertz CT molecular complexity index is 696. The molecule has 0 bridgehead atoms. The van der Waals surface area contributed by atoms with Crippen molar-refractivity contribution in [2.24, 2.45) is 0 Å². The first-order chi connectivity index (χ1) is 9.85. The maximum absolute atomic E-state index is 5.53. The van der Waals surface area contributed by atoms with Crippen molar-refractivity contribution < 1.29 is 4.74 Å². The third-order valence-electron chi connectivity index (χ3n) is 2.67. The van der Waals surface area contributed by atoms with Crippen LogP contribution in [0.15, 0.2) is 54.9 Å². The van der Waals surface area contributed by atoms with Gasteiger partial charge in [-0.3, -0.25) is 0 Å². The number of hydrogen-bond acceptors (Lipinski definition) is 5. The SMILES string of the molecule is CNc1cccc(Oc2ncn(-c3ccccc3)n2)n1. The van der Waals surface area contributed by atoms with E-state index in [1.807, 2.05) is 42.5 Å². The average Bonchev–Trinajstić information content (AvgIpc) is 2.97. The topological polar surface area (TPSA) is 64.9 Å². The molecule has 0 fully saturated rings. The Morgan fingerprint density at radius 2 is 1.90 bits per heavy atom. The highest BCUT2D eigenvalue weighted by Crippen LogP contribution is 2.17. The van der Waals surface area contributed by atoms with Gasteiger partial charge >= 0.3 is 6.01 Å². The van der Waals surface area contributed by atoms with E-state index in [1.54, 1.807) is 24.1 Å². The van der Waals surface area contributed by atoms with Crippen LogP contribution < -0.4 is 10.1 Å². The zero-order chi connectivity index (χ0) is 13.8. The summed E-state index contributed by atoms with van der Waals surface area (Å²) in [5, 5.41) is 7.20. The van der Waals surface area contributed by atoms with Gasteiger partial charge in [0.25, 0.3) is 0 Å². The third-order valence-corrected chi connectivity index (χ3v) is 2.67. The normalized spacial score (nSPS) is 10.2. The number of rotatable bonds is 4. The van der Waals surface area contributed by atoms with Crippen LogP contribution in [0.1, 0.15) is 0 Å². The van der Waals surface area contributed by atoms with E-state index < -0.39 is 0 Å². The predicted octanol–water partition coefficient (Wildman–Crippen LogP) is 2.50. The first-order valence-corrected chi connectivity index (χ1v) is 6.15. The fourth-order valence-corrected chi connectivity index (χ4v) is 1.70. The molecule has 0 radical (unpaired) electrons. The largest absolute Gasteiger partial charge is 0.404 e. The van der Waals surface area contributed by atoms with Gasteiger partial charge in [0, 0.05) is 13.1 Å². The number of ether oxygens (including phenoxy) is 1. The standard InChI is InChI=1S/C14H13N5O/c1-15-12-8-5-9-13(17-12)20-14-16-10-19(18-14)11-6-3-2-4-7-11/h2-10H,1H3,(H,15,17). The van der Waals surface area contributed by atoms with E-state index in [0.717, 1.165) is 11.5 Å². The lowest BCUT2D eigenvalue weighted by Crippen LogP contribution is -1.96. The number of hydrogen-bond donors (Lipinski definition) is 1. The van der Waals surface area contributed by atoms with Gasteiger partial charge < -0.3 is 10.1 Å². The molecule has 0 aliphatic rings. The zero-order valence-electron chi connectivity index (χ0n) is 10.9. The van der Waals surface area contributed by atoms with Crippen LogP contribution in [-0.4, -0.2) is 26.8 Å². The van der Waals surface area contributed by atoms with Crippen molar-refractivity contribution in [2.75, 3.05) is 12.4 Å². The molecule has 3 rings (SSSR count). The van der Waals surface area contributed by atoms with E-state index >= 15 is 0 Å². The van der Waals surface area contributed by atoms with E-state index in [-0.39, 0.29) is 6.01 Å². The van der Waals surface area contributed by atoms with Crippen molar-refractivity contribution in [1.82, 2.24) is 19.7 Å². The highest BCUT2D eigenvalue weighted by Gasteiger charge is 2.06. The molecule has 1 aromatic carbocycles. The van der Waals surface area contributed by atoms with Gasteiger partial charge in [-0.15, -0.1) is 5.10 Å². The molecule has 2 aromatic heterocycles. The highest BCUT2D eigenvalue weighted by atomic mass is 16.5. The van der Waals surface area contributed by atoms with Crippen LogP contribution in [-0.2, 0) is 0 Å². The minimum Gasteiger partial charge on any atom is -0.404 e. The van der Waals surface area contributed by atoms with Crippen LogP contribution in [0.5, 0.6) is 11.9 Å². The molecule has 0 aliphatic heterocycles. The Balaban J connectivity index is 1.80. The van der Waals surface area contributed by atoms with Gasteiger partial charge in [0.05, 0.1) is 5.69 Å². The monoisotopic (exact) mass is 267 g/mol. The van der Waals surface area contributed by atoms with E-state index in [4.69, 9.17) is 4.74 Å². The molecule has 0 amide bonds. The highest BCUT2D eigenvalue weighted by molar-refractivity contribution is 5.36. The van der Waals surface area contributed by atoms with Gasteiger partial charge in [-0.05, 0) is 18.2 Å². The van der Waals surface area contributed by atoms with E-state index in [2.05, 4.69) is 20.4 Å². The number of nitrogens with zero attached hydrogens (tertiary/aromatic N) is 4. The van der Waals surface area contributed by atoms with Crippen LogP contribution in [0, 0.1) is 0 Å². The quantitative estimate of drug-likeness (QED) is 0.786. The van der Waals surface area contributed by atoms with Gasteiger partial charge in [-0.25, -0.2) is 4.68 Å². The lowest BCUT2D eigenvalue weighted by atomic mass is 10.3. The van der Waals surface area contributed by atoms with Crippen molar-refractivity contribution in [3.63, 3.8) is 0 Å². The summed E-state index contributed by atoms with van der Waals surface area (Å²) in [6.07, 6.45) is 1.60. The summed E-state index contributed by atoms with van der Waals surface area (Å²) in [5.74, 6) is 1.17. The summed E-state index contributed by atoms with van der Waals surface area (Å²) >= 11 is 0. The summed E-state index contributed by atoms with van der Waals surface area (Å²) in [6, 6.07) is 15.4. The van der Waals surface area contributed by atoms with Gasteiger partial charge in [0.2, 0.25) is 5.88 Å². The number of benzene rings is 1. The lowest BCUT2D eigenvalue weighted by molar-refractivity contribution is 0.425. The van der Waals surface area contributed by atoms with E-state index in [0.29, 0.717) is 5.88 Å². The second kappa shape index (κ2) is 5.40. The molecule has 0 aliphatic carbocycles. The molecule has 20 heavy (non-hydrogen) atoms. The Kier molecular flexibility index (Phi) is 3.28. The summed E-state index contributed by atoms with van der Waals surface area (Å²) in [7, 11) is 1.80. The molecule has 6 nitrogen and oxygen atoms in total. The van der Waals surface area contributed by atoms with Crippen molar-refractivity contribution in [3.8, 4) is 17.6 Å². The minimum absolute atomic E-state index is 0.259. The third kappa shape index (κ3) is 2.59. The molecule has 0 saturated carbocycles. The van der Waals surface area contributed by atoms with Crippen molar-refractivity contribution in [1.29, 1.82) is 0 Å². The fraction of sp³-hybridized carbons (Fsp3) is 0.0714. The smallest absolute Gasteiger partial charge is 0.342 e. The fourth-order valence-electron chi connectivity index (χ4n) is 1.70. The molecule has 0 atom stereocenters. The molecular weight excluding hydrogens is 254 g/mol. The molecule has 0 saturated heterocycles. The summed E-state index contributed by atoms with van der Waals surface area (Å²) in [6.45, 7) is 0. The van der Waals surface area contributed by atoms with E-state index in [9.17, 15) is 0 Å². The molecule has 6 heteroatoms. The molecule has 0 spiro atoms. The van der Waals surface area contributed by atoms with Crippen LogP contribution in [0.2, 0.25) is 0 Å². The molecule has 2 heterocycles. The van der Waals surface area contributed by atoms with Gasteiger partial charge in [0.1, 0.15) is 12.1 Å². The average molecular weight is 267 g/mol. The molecule has 3 aromatic rings. The Hall–Kier alpha value is -2.89. The summed E-state index contributed by atoms with van der Waals surface area (Å²) in [5.41, 5.74) is 0.923. The van der Waals surface area contributed by atoms with Gasteiger partial charge in [0.15, 0.2) is 0 Å². The molecular formula is C14H13N5O. The lowest BCUT2D eigenvalue weighted by Gasteiger charge is -2.02. The van der Waals surface area contributed by atoms with Crippen molar-refractivity contribution >= 4 is 5.82 Å². The first kappa shape index (κ1) is 12.2. The zero-order valence-corrected chi connectivity index (χ0v) is 10.9. The molecule has 100 valence electrons. The number of anilines is 1. The Labute approximate surface area is 116 Å². The minimum atomic E-state index is 0.259. The summed E-state index contributed by atoms with van der Waals surface area (Å²) in [4.78, 5) is 8.36. The van der Waals surface area contributed by atoms with Crippen LogP contribution in [0.25, 0.3) is 5.69 Å². The van der Waals surface area contributed by atoms with Gasteiger partial charge in [-0.1, -0.05) is 24.3 Å². The van der Waals surface area contributed by atoms with Crippen molar-refractivity contribution in [3.05, 3.63) is 54.9 Å². The van der Waals surface area contributed by atoms with E-state index in [1.165, 1.54) is 0 Å². The second-order valence-corrected chi connectivity index (χ2v) is 4.02. The van der Waals surface area contributed by atoms with Crippen molar-refractivity contribution in [2.45, 2.75) is 0 Å². The Morgan fingerprint density at radius 3 is 2.70 bits per heavy atom. The maximum atomic E-state index is 5.53. The van der Waals surface area contributed by atoms with Gasteiger partial charge in [-0.2, -0.15) is 9.97 Å². The number of para-hydroxylation sites is 1. The number of nitrogens with one attached hydrogen (secondary N) is 1. The number of aromatic nitrogens is 4. The molecule has 0 unspecified atom stereocenters. The first-order valence-electron chi connectivity index (χ1n) is 6.15. The molecule has 1 N–H and O–H groups in total. The number of pyridine rings is 1. The maximum Gasteiger partial charge on any atom is 0.342 e. The second-order valence-electron chi connectivity index (χ2n) is 4.02.